The van der Waals surface area contributed by atoms with Gasteiger partial charge in [-0.25, -0.2) is 13.4 Å². The molecule has 9 heteroatoms. The second kappa shape index (κ2) is 9.60. The summed E-state index contributed by atoms with van der Waals surface area (Å²) < 4.78 is 39.5. The van der Waals surface area contributed by atoms with Crippen LogP contribution in [0.25, 0.3) is 0 Å². The van der Waals surface area contributed by atoms with Gasteiger partial charge in [0.25, 0.3) is 0 Å². The highest BCUT2D eigenvalue weighted by Gasteiger charge is 2.31. The summed E-state index contributed by atoms with van der Waals surface area (Å²) in [4.78, 5) is 11.3. The maximum Gasteiger partial charge on any atom is 0.243 e. The highest BCUT2D eigenvalue weighted by atomic mass is 32.2. The van der Waals surface area contributed by atoms with E-state index in [1.807, 2.05) is 45.0 Å². The molecule has 0 saturated carbocycles. The lowest BCUT2D eigenvalue weighted by Crippen LogP contribution is -2.49. The van der Waals surface area contributed by atoms with Crippen LogP contribution in [0.3, 0.4) is 0 Å². The molecule has 1 aromatic heterocycles. The van der Waals surface area contributed by atoms with Crippen molar-refractivity contribution in [2.24, 2.45) is 0 Å². The molecule has 2 aromatic carbocycles. The highest BCUT2D eigenvalue weighted by molar-refractivity contribution is 7.89. The Hall–Kier alpha value is -3.17. The third-order valence-electron chi connectivity index (χ3n) is 5.92. The molecule has 0 N–H and O–H groups in total. The Morgan fingerprint density at radius 1 is 0.853 bits per heavy atom. The van der Waals surface area contributed by atoms with Gasteiger partial charge in [0.15, 0.2) is 0 Å². The third-order valence-corrected chi connectivity index (χ3v) is 7.96. The summed E-state index contributed by atoms with van der Waals surface area (Å²) in [6, 6.07) is 13.0. The highest BCUT2D eigenvalue weighted by Crippen LogP contribution is 2.29. The molecule has 4 rings (SSSR count). The summed E-state index contributed by atoms with van der Waals surface area (Å²) in [6.45, 7) is 9.26. The fraction of sp³-hybridized carbons (Fsp3) is 0.360. The van der Waals surface area contributed by atoms with Gasteiger partial charge in [-0.3, -0.25) is 0 Å². The Kier molecular flexibility index (Phi) is 6.77. The number of hydrogen-bond acceptors (Lipinski definition) is 7. The number of rotatable bonds is 6. The summed E-state index contributed by atoms with van der Waals surface area (Å²) in [5.41, 5.74) is 2.62. The lowest BCUT2D eigenvalue weighted by atomic mass is 10.1. The Bertz CT molecular complexity index is 1290. The van der Waals surface area contributed by atoms with Gasteiger partial charge in [-0.2, -0.15) is 9.29 Å². The van der Waals surface area contributed by atoms with Crippen LogP contribution < -0.4 is 14.4 Å². The summed E-state index contributed by atoms with van der Waals surface area (Å²) >= 11 is 0. The van der Waals surface area contributed by atoms with E-state index in [1.165, 1.54) is 4.31 Å². The van der Waals surface area contributed by atoms with Gasteiger partial charge in [-0.15, -0.1) is 0 Å². The van der Waals surface area contributed by atoms with E-state index in [1.54, 1.807) is 32.2 Å². The Morgan fingerprint density at radius 3 is 2.18 bits per heavy atom. The van der Waals surface area contributed by atoms with E-state index in [0.717, 1.165) is 16.9 Å². The van der Waals surface area contributed by atoms with Crippen molar-refractivity contribution in [3.63, 3.8) is 0 Å². The number of piperazine rings is 1. The van der Waals surface area contributed by atoms with Crippen molar-refractivity contribution in [1.29, 1.82) is 0 Å². The number of ether oxygens (including phenoxy) is 2. The molecule has 3 aromatic rings. The molecule has 1 aliphatic heterocycles. The van der Waals surface area contributed by atoms with E-state index < -0.39 is 10.0 Å². The Balaban J connectivity index is 1.49. The van der Waals surface area contributed by atoms with Crippen molar-refractivity contribution < 1.29 is 17.9 Å². The maximum atomic E-state index is 13.4. The molecule has 0 atom stereocenters. The van der Waals surface area contributed by atoms with Crippen molar-refractivity contribution in [3.05, 3.63) is 65.0 Å². The first-order valence-electron chi connectivity index (χ1n) is 11.2. The van der Waals surface area contributed by atoms with Crippen molar-refractivity contribution in [1.82, 2.24) is 14.3 Å². The second-order valence-electron chi connectivity index (χ2n) is 8.51. The summed E-state index contributed by atoms with van der Waals surface area (Å²) in [6.07, 6.45) is 0. The minimum atomic E-state index is -3.61. The first kappa shape index (κ1) is 24.0. The zero-order valence-corrected chi connectivity index (χ0v) is 21.0. The van der Waals surface area contributed by atoms with E-state index in [-0.39, 0.29) is 0 Å². The van der Waals surface area contributed by atoms with E-state index in [2.05, 4.69) is 14.9 Å². The average Bonchev–Trinajstić information content (AvgIpc) is 2.81. The van der Waals surface area contributed by atoms with Gasteiger partial charge < -0.3 is 14.4 Å². The molecule has 1 fully saturated rings. The molecule has 0 amide bonds. The molecule has 0 spiro atoms. The fourth-order valence-electron chi connectivity index (χ4n) is 4.02. The van der Waals surface area contributed by atoms with Gasteiger partial charge in [-0.05, 0) is 63.1 Å². The molecule has 34 heavy (non-hydrogen) atoms. The molecular weight excluding hydrogens is 452 g/mol. The average molecular weight is 483 g/mol. The van der Waals surface area contributed by atoms with Crippen LogP contribution >= 0.6 is 0 Å². The van der Waals surface area contributed by atoms with Crippen molar-refractivity contribution >= 4 is 15.8 Å². The van der Waals surface area contributed by atoms with Gasteiger partial charge in [0.1, 0.15) is 23.1 Å². The second-order valence-corrected chi connectivity index (χ2v) is 10.4. The number of benzene rings is 2. The Morgan fingerprint density at radius 2 is 1.53 bits per heavy atom. The summed E-state index contributed by atoms with van der Waals surface area (Å²) in [5, 5.41) is 0. The van der Waals surface area contributed by atoms with Crippen LogP contribution in [0.1, 0.15) is 22.5 Å². The minimum absolute atomic E-state index is 0.325. The van der Waals surface area contributed by atoms with E-state index in [9.17, 15) is 8.42 Å². The smallest absolute Gasteiger partial charge is 0.243 e. The van der Waals surface area contributed by atoms with Gasteiger partial charge in [-0.1, -0.05) is 17.7 Å². The lowest BCUT2D eigenvalue weighted by Gasteiger charge is -2.35. The summed E-state index contributed by atoms with van der Waals surface area (Å²) in [5.74, 6) is 3.17. The molecule has 1 saturated heterocycles. The number of aromatic nitrogens is 2. The van der Waals surface area contributed by atoms with Crippen LogP contribution in [-0.2, 0) is 10.0 Å². The lowest BCUT2D eigenvalue weighted by molar-refractivity contribution is 0.382. The number of methoxy groups -OCH3 is 1. The SMILES string of the molecule is COc1cc(C)c(S(=O)(=O)N2CCN(c3cc(Oc4ccc(C)cc4)nc(C)n3)CC2)cc1C. The van der Waals surface area contributed by atoms with Crippen LogP contribution in [0.4, 0.5) is 5.82 Å². The number of hydrogen-bond donors (Lipinski definition) is 0. The van der Waals surface area contributed by atoms with Crippen LogP contribution in [0.2, 0.25) is 0 Å². The zero-order chi connectivity index (χ0) is 24.5. The maximum absolute atomic E-state index is 13.4. The van der Waals surface area contributed by atoms with E-state index in [0.29, 0.717) is 59.8 Å². The van der Waals surface area contributed by atoms with Gasteiger partial charge >= 0.3 is 0 Å². The van der Waals surface area contributed by atoms with E-state index in [4.69, 9.17) is 9.47 Å². The monoisotopic (exact) mass is 482 g/mol. The molecule has 0 radical (unpaired) electrons. The van der Waals surface area contributed by atoms with Gasteiger partial charge in [0.2, 0.25) is 15.9 Å². The predicted molar refractivity (Wildman–Crippen MR) is 131 cm³/mol. The fourth-order valence-corrected chi connectivity index (χ4v) is 5.74. The van der Waals surface area contributed by atoms with Gasteiger partial charge in [0.05, 0.1) is 12.0 Å². The van der Waals surface area contributed by atoms with Crippen molar-refractivity contribution in [2.75, 3.05) is 38.2 Å². The molecule has 0 bridgehead atoms. The zero-order valence-electron chi connectivity index (χ0n) is 20.2. The third kappa shape index (κ3) is 5.00. The van der Waals surface area contributed by atoms with Crippen molar-refractivity contribution in [2.45, 2.75) is 32.6 Å². The molecular formula is C25H30N4O4S. The van der Waals surface area contributed by atoms with Crippen LogP contribution in [-0.4, -0.2) is 56.0 Å². The number of anilines is 1. The van der Waals surface area contributed by atoms with Crippen LogP contribution in [0, 0.1) is 27.7 Å². The molecule has 0 unspecified atom stereocenters. The first-order chi connectivity index (χ1) is 16.2. The first-order valence-corrected chi connectivity index (χ1v) is 12.6. The van der Waals surface area contributed by atoms with Crippen molar-refractivity contribution in [3.8, 4) is 17.4 Å². The molecule has 0 aliphatic carbocycles. The summed E-state index contributed by atoms with van der Waals surface area (Å²) in [7, 11) is -2.03. The van der Waals surface area contributed by atoms with Crippen LogP contribution in [0.5, 0.6) is 17.4 Å². The predicted octanol–water partition coefficient (Wildman–Crippen LogP) is 4.02. The number of aryl methyl sites for hydroxylation is 4. The molecule has 8 nitrogen and oxygen atoms in total. The number of sulfonamides is 1. The number of nitrogens with zero attached hydrogens (tertiary/aromatic N) is 4. The Labute approximate surface area is 201 Å². The standard InChI is InChI=1S/C25H30N4O4S/c1-17-6-8-21(9-7-17)33-25-16-24(26-20(4)27-25)28-10-12-29(13-11-28)34(30,31)23-15-18(2)22(32-5)14-19(23)3/h6-9,14-16H,10-13H2,1-5H3. The molecule has 2 heterocycles. The largest absolute Gasteiger partial charge is 0.496 e. The van der Waals surface area contributed by atoms with Crippen LogP contribution in [0.15, 0.2) is 47.4 Å². The van der Waals surface area contributed by atoms with Gasteiger partial charge in [0, 0.05) is 32.2 Å². The normalized spacial score (nSPS) is 14.8. The quantitative estimate of drug-likeness (QED) is 0.525. The van der Waals surface area contributed by atoms with E-state index >= 15 is 0 Å². The molecule has 1 aliphatic rings. The minimum Gasteiger partial charge on any atom is -0.496 e. The molecule has 180 valence electrons. The topological polar surface area (TPSA) is 84.9 Å².